The van der Waals surface area contributed by atoms with Crippen molar-refractivity contribution in [3.05, 3.63) is 48.0 Å². The minimum Gasteiger partial charge on any atom is -0.393 e. The smallest absolute Gasteiger partial charge is 0.0650 e. The largest absolute Gasteiger partial charge is 0.393 e. The molecule has 1 aromatic carbocycles. The highest BCUT2D eigenvalue weighted by Gasteiger charge is 2.41. The van der Waals surface area contributed by atoms with Gasteiger partial charge < -0.3 is 5.11 Å². The zero-order chi connectivity index (χ0) is 18.2. The molecule has 24 heavy (non-hydrogen) atoms. The standard InChI is InChI=1S/C22H38OSi/c1-18(2)24(19(3)4,20(5)6)17-11-10-14-22(23)16-15-21-12-8-7-9-13-21/h7-13,18-20,22-23H,14-17H2,1-6H3/b11-10+. The van der Waals surface area contributed by atoms with Crippen molar-refractivity contribution in [2.24, 2.45) is 0 Å². The Kier molecular flexibility index (Phi) is 9.00. The van der Waals surface area contributed by atoms with Gasteiger partial charge in [0.1, 0.15) is 0 Å². The van der Waals surface area contributed by atoms with Crippen LogP contribution in [0.3, 0.4) is 0 Å². The first-order valence-corrected chi connectivity index (χ1v) is 12.1. The number of aliphatic hydroxyl groups is 1. The van der Waals surface area contributed by atoms with Gasteiger partial charge in [-0.1, -0.05) is 101 Å². The van der Waals surface area contributed by atoms with E-state index in [4.69, 9.17) is 0 Å². The van der Waals surface area contributed by atoms with E-state index in [1.54, 1.807) is 0 Å². The monoisotopic (exact) mass is 346 g/mol. The molecule has 0 bridgehead atoms. The van der Waals surface area contributed by atoms with Crippen LogP contribution in [0.25, 0.3) is 0 Å². The normalized spacial score (nSPS) is 14.2. The summed E-state index contributed by atoms with van der Waals surface area (Å²) in [7, 11) is -1.34. The van der Waals surface area contributed by atoms with Crippen LogP contribution in [0.2, 0.25) is 22.7 Å². The maximum Gasteiger partial charge on any atom is 0.0650 e. The van der Waals surface area contributed by atoms with Crippen LogP contribution in [0.4, 0.5) is 0 Å². The Labute approximate surface area is 151 Å². The molecule has 1 rings (SSSR count). The molecular formula is C22H38OSi. The fraction of sp³-hybridized carbons (Fsp3) is 0.636. The molecule has 1 unspecified atom stereocenters. The topological polar surface area (TPSA) is 20.2 Å². The molecule has 0 heterocycles. The van der Waals surface area contributed by atoms with Gasteiger partial charge in [0.15, 0.2) is 0 Å². The fourth-order valence-corrected chi connectivity index (χ4v) is 10.3. The molecule has 0 radical (unpaired) electrons. The van der Waals surface area contributed by atoms with E-state index in [2.05, 4.69) is 78.0 Å². The molecule has 0 spiro atoms. The van der Waals surface area contributed by atoms with E-state index < -0.39 is 8.07 Å². The minimum atomic E-state index is -1.34. The van der Waals surface area contributed by atoms with Gasteiger partial charge in [0.2, 0.25) is 0 Å². The van der Waals surface area contributed by atoms with E-state index in [1.165, 1.54) is 11.6 Å². The average Bonchev–Trinajstić information content (AvgIpc) is 2.52. The van der Waals surface area contributed by atoms with Crippen molar-refractivity contribution in [2.75, 3.05) is 0 Å². The highest BCUT2D eigenvalue weighted by atomic mass is 28.3. The summed E-state index contributed by atoms with van der Waals surface area (Å²) < 4.78 is 0. The number of benzene rings is 1. The van der Waals surface area contributed by atoms with E-state index in [9.17, 15) is 5.11 Å². The van der Waals surface area contributed by atoms with Crippen molar-refractivity contribution in [3.8, 4) is 0 Å². The van der Waals surface area contributed by atoms with Crippen molar-refractivity contribution in [1.29, 1.82) is 0 Å². The molecule has 0 aromatic heterocycles. The van der Waals surface area contributed by atoms with Gasteiger partial charge in [0.25, 0.3) is 0 Å². The van der Waals surface area contributed by atoms with Crippen LogP contribution in [0.5, 0.6) is 0 Å². The van der Waals surface area contributed by atoms with Gasteiger partial charge in [-0.05, 0) is 30.9 Å². The fourth-order valence-electron chi connectivity index (χ4n) is 4.34. The van der Waals surface area contributed by atoms with Gasteiger partial charge in [0.05, 0.1) is 14.2 Å². The molecule has 2 heteroatoms. The summed E-state index contributed by atoms with van der Waals surface area (Å²) in [5, 5.41) is 10.2. The second-order valence-corrected chi connectivity index (χ2v) is 14.3. The maximum absolute atomic E-state index is 10.2. The lowest BCUT2D eigenvalue weighted by molar-refractivity contribution is 0.168. The lowest BCUT2D eigenvalue weighted by Crippen LogP contribution is -2.43. The van der Waals surface area contributed by atoms with Crippen LogP contribution in [-0.2, 0) is 6.42 Å². The predicted octanol–water partition coefficient (Wildman–Crippen LogP) is 6.61. The zero-order valence-corrected chi connectivity index (χ0v) is 17.6. The molecule has 0 amide bonds. The molecule has 1 aromatic rings. The van der Waals surface area contributed by atoms with E-state index in [-0.39, 0.29) is 6.10 Å². The van der Waals surface area contributed by atoms with Gasteiger partial charge in [0, 0.05) is 0 Å². The zero-order valence-electron chi connectivity index (χ0n) is 16.6. The van der Waals surface area contributed by atoms with Crippen LogP contribution >= 0.6 is 0 Å². The van der Waals surface area contributed by atoms with Gasteiger partial charge in [-0.25, -0.2) is 0 Å². The highest BCUT2D eigenvalue weighted by molar-refractivity contribution is 6.83. The van der Waals surface area contributed by atoms with Gasteiger partial charge in [-0.3, -0.25) is 0 Å². The lowest BCUT2D eigenvalue weighted by Gasteiger charge is -2.42. The summed E-state index contributed by atoms with van der Waals surface area (Å²) in [5.41, 5.74) is 3.70. The van der Waals surface area contributed by atoms with Crippen molar-refractivity contribution >= 4 is 8.07 Å². The predicted molar refractivity (Wildman–Crippen MR) is 110 cm³/mol. The lowest BCUT2D eigenvalue weighted by atomic mass is 10.1. The number of rotatable bonds is 10. The third kappa shape index (κ3) is 5.89. The minimum absolute atomic E-state index is 0.227. The van der Waals surface area contributed by atoms with Crippen LogP contribution < -0.4 is 0 Å². The second kappa shape index (κ2) is 10.2. The number of hydrogen-bond acceptors (Lipinski definition) is 1. The number of hydrogen-bond donors (Lipinski definition) is 1. The third-order valence-corrected chi connectivity index (χ3v) is 13.3. The molecule has 1 nitrogen and oxygen atoms in total. The Hall–Kier alpha value is -0.863. The number of aryl methyl sites for hydroxylation is 1. The molecule has 1 N–H and O–H groups in total. The summed E-state index contributed by atoms with van der Waals surface area (Å²) in [4.78, 5) is 0. The Morgan fingerprint density at radius 2 is 1.42 bits per heavy atom. The van der Waals surface area contributed by atoms with Crippen molar-refractivity contribution in [3.63, 3.8) is 0 Å². The Morgan fingerprint density at radius 1 is 0.875 bits per heavy atom. The molecule has 0 fully saturated rings. The summed E-state index contributed by atoms with van der Waals surface area (Å²) in [6.07, 6.45) is 6.96. The Bertz CT molecular complexity index is 454. The van der Waals surface area contributed by atoms with Crippen molar-refractivity contribution < 1.29 is 5.11 Å². The van der Waals surface area contributed by atoms with Gasteiger partial charge >= 0.3 is 0 Å². The van der Waals surface area contributed by atoms with E-state index in [0.717, 1.165) is 35.9 Å². The molecule has 0 aliphatic heterocycles. The summed E-state index contributed by atoms with van der Waals surface area (Å²) in [6, 6.07) is 11.7. The van der Waals surface area contributed by atoms with Gasteiger partial charge in [-0.15, -0.1) is 0 Å². The molecule has 1 atom stereocenters. The first-order valence-electron chi connectivity index (χ1n) is 9.67. The molecule has 0 aliphatic carbocycles. The third-order valence-electron chi connectivity index (χ3n) is 5.88. The van der Waals surface area contributed by atoms with Crippen LogP contribution in [-0.4, -0.2) is 19.3 Å². The Morgan fingerprint density at radius 3 is 1.92 bits per heavy atom. The highest BCUT2D eigenvalue weighted by Crippen LogP contribution is 2.44. The maximum atomic E-state index is 10.2. The Balaban J connectivity index is 2.50. The average molecular weight is 347 g/mol. The van der Waals surface area contributed by atoms with Crippen LogP contribution in [0.15, 0.2) is 42.5 Å². The SMILES string of the molecule is CC(C)[Si](C/C=C/CC(O)CCc1ccccc1)(C(C)C)C(C)C. The first-order chi connectivity index (χ1) is 11.3. The van der Waals surface area contributed by atoms with Crippen molar-refractivity contribution in [1.82, 2.24) is 0 Å². The van der Waals surface area contributed by atoms with E-state index in [0.29, 0.717) is 0 Å². The molecular weight excluding hydrogens is 308 g/mol. The summed E-state index contributed by atoms with van der Waals surface area (Å²) in [5.74, 6) is 0. The molecule has 0 saturated carbocycles. The number of aliphatic hydroxyl groups excluding tert-OH is 1. The second-order valence-electron chi connectivity index (χ2n) is 8.17. The molecule has 0 saturated heterocycles. The van der Waals surface area contributed by atoms with Gasteiger partial charge in [-0.2, -0.15) is 0 Å². The van der Waals surface area contributed by atoms with Crippen LogP contribution in [0, 0.1) is 0 Å². The first kappa shape index (κ1) is 21.2. The summed E-state index contributed by atoms with van der Waals surface area (Å²) in [6.45, 7) is 14.5. The van der Waals surface area contributed by atoms with E-state index in [1.807, 2.05) is 6.07 Å². The summed E-state index contributed by atoms with van der Waals surface area (Å²) >= 11 is 0. The molecule has 0 aliphatic rings. The molecule has 136 valence electrons. The number of allylic oxidation sites excluding steroid dienone is 1. The van der Waals surface area contributed by atoms with E-state index >= 15 is 0 Å². The quantitative estimate of drug-likeness (QED) is 0.373. The van der Waals surface area contributed by atoms with Crippen LogP contribution in [0.1, 0.15) is 59.9 Å². The van der Waals surface area contributed by atoms with Crippen molar-refractivity contribution in [2.45, 2.75) is 89.6 Å².